The van der Waals surface area contributed by atoms with Crippen LogP contribution in [0.3, 0.4) is 0 Å². The Hall–Kier alpha value is -2.50. The van der Waals surface area contributed by atoms with Crippen LogP contribution in [-0.2, 0) is 0 Å². The normalized spacial score (nSPS) is 10.8. The van der Waals surface area contributed by atoms with Crippen LogP contribution < -0.4 is 5.11 Å². The molecule has 1 aromatic heterocycles. The van der Waals surface area contributed by atoms with E-state index in [9.17, 15) is 9.90 Å². The van der Waals surface area contributed by atoms with Crippen LogP contribution >= 0.6 is 0 Å². The lowest BCUT2D eigenvalue weighted by atomic mass is 10.1. The molecule has 0 aliphatic rings. The van der Waals surface area contributed by atoms with Crippen molar-refractivity contribution in [3.05, 3.63) is 41.7 Å². The summed E-state index contributed by atoms with van der Waals surface area (Å²) >= 11 is 0. The Kier molecular flexibility index (Phi) is 2.73. The van der Waals surface area contributed by atoms with Gasteiger partial charge in [0.05, 0.1) is 5.97 Å². The number of aliphatic imine (C=N–C) groups is 1. The molecule has 0 saturated carbocycles. The van der Waals surface area contributed by atoms with Gasteiger partial charge in [-0.1, -0.05) is 24.3 Å². The van der Waals surface area contributed by atoms with Crippen molar-refractivity contribution in [1.29, 1.82) is 0 Å². The molecule has 0 radical (unpaired) electrons. The maximum atomic E-state index is 10.5. The van der Waals surface area contributed by atoms with Crippen molar-refractivity contribution in [3.8, 4) is 0 Å². The second-order valence-electron chi connectivity index (χ2n) is 2.98. The number of carboxylic acid groups (broad SMARTS) is 1. The van der Waals surface area contributed by atoms with E-state index in [0.717, 1.165) is 5.56 Å². The molecule has 1 heterocycles. The number of nitrogens with one attached hydrogen (secondary N) is 1. The van der Waals surface area contributed by atoms with Crippen LogP contribution in [0.25, 0.3) is 0 Å². The number of nitrogens with zero attached hydrogens (tertiary/aromatic N) is 3. The van der Waals surface area contributed by atoms with E-state index in [2.05, 4.69) is 20.2 Å². The van der Waals surface area contributed by atoms with E-state index in [1.165, 1.54) is 18.5 Å². The van der Waals surface area contributed by atoms with E-state index >= 15 is 0 Å². The number of aromatic nitrogens is 3. The maximum absolute atomic E-state index is 10.5. The molecule has 0 bridgehead atoms. The average molecular weight is 215 g/mol. The minimum atomic E-state index is -1.20. The van der Waals surface area contributed by atoms with E-state index < -0.39 is 5.97 Å². The molecule has 0 amide bonds. The molecule has 6 nitrogen and oxygen atoms in total. The summed E-state index contributed by atoms with van der Waals surface area (Å²) in [4.78, 5) is 18.3. The van der Waals surface area contributed by atoms with E-state index in [1.807, 2.05) is 0 Å². The smallest absolute Gasteiger partial charge is 0.245 e. The van der Waals surface area contributed by atoms with Crippen LogP contribution in [0.5, 0.6) is 0 Å². The molecule has 0 atom stereocenters. The number of benzene rings is 1. The molecule has 6 heteroatoms. The van der Waals surface area contributed by atoms with E-state index in [4.69, 9.17) is 0 Å². The van der Waals surface area contributed by atoms with Gasteiger partial charge >= 0.3 is 0 Å². The number of rotatable bonds is 3. The van der Waals surface area contributed by atoms with Gasteiger partial charge in [-0.3, -0.25) is 0 Å². The summed E-state index contributed by atoms with van der Waals surface area (Å²) in [5.41, 5.74) is 0.901. The maximum Gasteiger partial charge on any atom is 0.245 e. The molecule has 0 aliphatic heterocycles. The largest absolute Gasteiger partial charge is 0.545 e. The quantitative estimate of drug-likeness (QED) is 0.724. The number of carbonyl (C=O) groups excluding carboxylic acids is 1. The number of H-pyrrole nitrogens is 1. The lowest BCUT2D eigenvalue weighted by Gasteiger charge is -2.00. The number of aromatic carboxylic acids is 1. The lowest BCUT2D eigenvalue weighted by Crippen LogP contribution is -2.21. The number of carbonyl (C=O) groups is 1. The van der Waals surface area contributed by atoms with Gasteiger partial charge in [0.25, 0.3) is 0 Å². The zero-order valence-electron chi connectivity index (χ0n) is 8.12. The molecule has 1 aromatic carbocycles. The first-order chi connectivity index (χ1) is 7.75. The molecule has 80 valence electrons. The van der Waals surface area contributed by atoms with Gasteiger partial charge < -0.3 is 9.90 Å². The van der Waals surface area contributed by atoms with Gasteiger partial charge in [-0.15, -0.1) is 0 Å². The van der Waals surface area contributed by atoms with Crippen molar-refractivity contribution in [2.24, 2.45) is 4.99 Å². The first-order valence-corrected chi connectivity index (χ1v) is 4.46. The minimum absolute atomic E-state index is 0.136. The first kappa shape index (κ1) is 10.0. The summed E-state index contributed by atoms with van der Waals surface area (Å²) in [6.45, 7) is 0. The zero-order chi connectivity index (χ0) is 11.4. The first-order valence-electron chi connectivity index (χ1n) is 4.46. The van der Waals surface area contributed by atoms with Gasteiger partial charge in [0.15, 0.2) is 0 Å². The molecular formula is C10H7N4O2-. The van der Waals surface area contributed by atoms with Crippen LogP contribution in [0.1, 0.15) is 15.9 Å². The predicted molar refractivity (Wildman–Crippen MR) is 54.4 cm³/mol. The standard InChI is InChI=1S/C10H8N4O2/c15-9(16)8-3-1-7(2-4-8)5-11-10-12-6-13-14-10/h1-6H,(H,15,16)(H,12,13,14)/p-1. The van der Waals surface area contributed by atoms with Crippen molar-refractivity contribution in [1.82, 2.24) is 15.2 Å². The summed E-state index contributed by atoms with van der Waals surface area (Å²) in [7, 11) is 0. The zero-order valence-corrected chi connectivity index (χ0v) is 8.12. The monoisotopic (exact) mass is 215 g/mol. The van der Waals surface area contributed by atoms with Gasteiger partial charge in [-0.2, -0.15) is 10.1 Å². The van der Waals surface area contributed by atoms with E-state index in [-0.39, 0.29) is 5.56 Å². The van der Waals surface area contributed by atoms with Gasteiger partial charge in [0, 0.05) is 6.21 Å². The molecule has 0 spiro atoms. The third-order valence-electron chi connectivity index (χ3n) is 1.88. The Morgan fingerprint density at radius 2 is 2.12 bits per heavy atom. The van der Waals surface area contributed by atoms with Crippen LogP contribution in [-0.4, -0.2) is 27.4 Å². The molecule has 2 rings (SSSR count). The van der Waals surface area contributed by atoms with E-state index in [0.29, 0.717) is 5.95 Å². The summed E-state index contributed by atoms with van der Waals surface area (Å²) in [6, 6.07) is 6.17. The van der Waals surface area contributed by atoms with Crippen molar-refractivity contribution in [2.45, 2.75) is 0 Å². The molecule has 0 aliphatic carbocycles. The SMILES string of the molecule is O=C([O-])c1ccc(C=Nc2ncn[nH]2)cc1. The van der Waals surface area contributed by atoms with Crippen molar-refractivity contribution in [3.63, 3.8) is 0 Å². The van der Waals surface area contributed by atoms with Gasteiger partial charge in [0.2, 0.25) is 5.95 Å². The Labute approximate surface area is 90.7 Å². The van der Waals surface area contributed by atoms with Crippen molar-refractivity contribution < 1.29 is 9.90 Å². The molecular weight excluding hydrogens is 208 g/mol. The number of carboxylic acids is 1. The Bertz CT molecular complexity index is 502. The second kappa shape index (κ2) is 4.35. The Balaban J connectivity index is 2.14. The van der Waals surface area contributed by atoms with E-state index in [1.54, 1.807) is 18.3 Å². The van der Waals surface area contributed by atoms with Crippen LogP contribution in [0.15, 0.2) is 35.6 Å². The fraction of sp³-hybridized carbons (Fsp3) is 0. The summed E-state index contributed by atoms with van der Waals surface area (Å²) in [6.07, 6.45) is 2.91. The number of hydrogen-bond donors (Lipinski definition) is 1. The van der Waals surface area contributed by atoms with Gasteiger partial charge in [-0.25, -0.2) is 10.1 Å². The topological polar surface area (TPSA) is 94.1 Å². The molecule has 0 fully saturated rings. The Morgan fingerprint density at radius 3 is 2.69 bits per heavy atom. The lowest BCUT2D eigenvalue weighted by molar-refractivity contribution is -0.255. The number of hydrogen-bond acceptors (Lipinski definition) is 5. The third-order valence-corrected chi connectivity index (χ3v) is 1.88. The van der Waals surface area contributed by atoms with Gasteiger partial charge in [-0.05, 0) is 11.1 Å². The molecule has 0 saturated heterocycles. The van der Waals surface area contributed by atoms with Crippen molar-refractivity contribution in [2.75, 3.05) is 0 Å². The molecule has 2 aromatic rings. The highest BCUT2D eigenvalue weighted by Gasteiger charge is 1.93. The van der Waals surface area contributed by atoms with Crippen LogP contribution in [0, 0.1) is 0 Å². The highest BCUT2D eigenvalue weighted by atomic mass is 16.4. The fourth-order valence-electron chi connectivity index (χ4n) is 1.10. The Morgan fingerprint density at radius 1 is 1.38 bits per heavy atom. The highest BCUT2D eigenvalue weighted by molar-refractivity contribution is 5.88. The summed E-state index contributed by atoms with van der Waals surface area (Å²) in [5.74, 6) is -0.803. The molecule has 1 N–H and O–H groups in total. The highest BCUT2D eigenvalue weighted by Crippen LogP contribution is 2.03. The predicted octanol–water partition coefficient (Wildman–Crippen LogP) is -0.0812. The van der Waals surface area contributed by atoms with Crippen LogP contribution in [0.2, 0.25) is 0 Å². The molecule has 16 heavy (non-hydrogen) atoms. The average Bonchev–Trinajstić information content (AvgIpc) is 2.80. The summed E-state index contributed by atoms with van der Waals surface area (Å²) < 4.78 is 0. The summed E-state index contributed by atoms with van der Waals surface area (Å²) in [5, 5.41) is 16.7. The van der Waals surface area contributed by atoms with Gasteiger partial charge in [0.1, 0.15) is 6.33 Å². The third kappa shape index (κ3) is 2.30. The molecule has 0 unspecified atom stereocenters. The fourth-order valence-corrected chi connectivity index (χ4v) is 1.10. The second-order valence-corrected chi connectivity index (χ2v) is 2.98. The van der Waals surface area contributed by atoms with Crippen LogP contribution in [0.4, 0.5) is 5.95 Å². The minimum Gasteiger partial charge on any atom is -0.545 e. The van der Waals surface area contributed by atoms with Crippen molar-refractivity contribution >= 4 is 18.1 Å². The number of aromatic amines is 1.